The fraction of sp³-hybridized carbons (Fsp3) is 0.417. The fourth-order valence-corrected chi connectivity index (χ4v) is 4.27. The molecule has 6 nitrogen and oxygen atoms in total. The molecule has 1 N–H and O–H groups in total. The lowest BCUT2D eigenvalue weighted by Crippen LogP contribution is -2.48. The quantitative estimate of drug-likeness (QED) is 0.820. The van der Waals surface area contributed by atoms with E-state index < -0.39 is 5.82 Å². The van der Waals surface area contributed by atoms with Crippen LogP contribution in [0.3, 0.4) is 0 Å². The van der Waals surface area contributed by atoms with Gasteiger partial charge < -0.3 is 20.0 Å². The molecule has 2 aromatic carbocycles. The minimum Gasteiger partial charge on any atom is -0.371 e. The second-order valence-electron chi connectivity index (χ2n) is 8.36. The van der Waals surface area contributed by atoms with Crippen LogP contribution in [0.15, 0.2) is 48.5 Å². The summed E-state index contributed by atoms with van der Waals surface area (Å²) in [4.78, 5) is 32.0. The van der Waals surface area contributed by atoms with Gasteiger partial charge in [0.25, 0.3) is 11.8 Å². The van der Waals surface area contributed by atoms with Crippen LogP contribution < -0.4 is 10.2 Å². The van der Waals surface area contributed by atoms with E-state index in [4.69, 9.17) is 0 Å². The van der Waals surface area contributed by atoms with Crippen LogP contribution in [0.4, 0.5) is 10.1 Å². The first-order valence-electron chi connectivity index (χ1n) is 10.9. The Bertz CT molecular complexity index is 935. The number of nitrogens with one attached hydrogen (secondary N) is 1. The van der Waals surface area contributed by atoms with Gasteiger partial charge in [-0.25, -0.2) is 4.39 Å². The highest BCUT2D eigenvalue weighted by molar-refractivity contribution is 6.00. The van der Waals surface area contributed by atoms with E-state index in [0.717, 1.165) is 63.4 Å². The largest absolute Gasteiger partial charge is 0.371 e. The third kappa shape index (κ3) is 5.05. The Morgan fingerprint density at radius 3 is 2.35 bits per heavy atom. The van der Waals surface area contributed by atoms with Gasteiger partial charge in [0.15, 0.2) is 0 Å². The fourth-order valence-electron chi connectivity index (χ4n) is 4.27. The highest BCUT2D eigenvalue weighted by Gasteiger charge is 2.27. The van der Waals surface area contributed by atoms with E-state index in [2.05, 4.69) is 22.2 Å². The van der Waals surface area contributed by atoms with Gasteiger partial charge in [-0.05, 0) is 50.2 Å². The Hall–Kier alpha value is -2.93. The molecule has 7 heteroatoms. The van der Waals surface area contributed by atoms with Crippen LogP contribution in [0.5, 0.6) is 0 Å². The summed E-state index contributed by atoms with van der Waals surface area (Å²) in [5.41, 5.74) is 2.04. The second-order valence-corrected chi connectivity index (χ2v) is 8.36. The Morgan fingerprint density at radius 1 is 0.935 bits per heavy atom. The van der Waals surface area contributed by atoms with Gasteiger partial charge >= 0.3 is 0 Å². The molecule has 2 aliphatic heterocycles. The Kier molecular flexibility index (Phi) is 6.51. The van der Waals surface area contributed by atoms with Crippen molar-refractivity contribution in [3.63, 3.8) is 0 Å². The number of nitrogens with zero attached hydrogens (tertiary/aromatic N) is 3. The predicted octanol–water partition coefficient (Wildman–Crippen LogP) is 2.61. The summed E-state index contributed by atoms with van der Waals surface area (Å²) in [6.45, 7) is 4.78. The third-order valence-electron chi connectivity index (χ3n) is 6.18. The lowest BCUT2D eigenvalue weighted by molar-refractivity contribution is 0.0664. The number of piperidine rings is 1. The molecular weight excluding hydrogens is 395 g/mol. The minimum absolute atomic E-state index is 0.0347. The summed E-state index contributed by atoms with van der Waals surface area (Å²) in [6, 6.07) is 13.6. The number of hydrogen-bond donors (Lipinski definition) is 1. The van der Waals surface area contributed by atoms with E-state index >= 15 is 0 Å². The molecule has 31 heavy (non-hydrogen) atoms. The van der Waals surface area contributed by atoms with Crippen LogP contribution >= 0.6 is 0 Å². The zero-order valence-corrected chi connectivity index (χ0v) is 17.9. The molecular formula is C24H29FN4O2. The molecule has 0 spiro atoms. The van der Waals surface area contributed by atoms with E-state index in [1.807, 2.05) is 29.2 Å². The summed E-state index contributed by atoms with van der Waals surface area (Å²) in [7, 11) is 2.08. The van der Waals surface area contributed by atoms with Crippen LogP contribution in [-0.2, 0) is 0 Å². The highest BCUT2D eigenvalue weighted by atomic mass is 19.1. The standard InChI is InChI=1S/C24H29FN4O2/c1-27-13-15-29(16-14-27)24(31)21-7-2-3-8-22(21)28-11-9-20(10-12-28)26-23(30)18-5-4-6-19(25)17-18/h2-8,17,20H,9-16H2,1H3,(H,26,30). The summed E-state index contributed by atoms with van der Waals surface area (Å²) in [6.07, 6.45) is 1.55. The molecule has 0 aliphatic carbocycles. The van der Waals surface area contributed by atoms with Gasteiger partial charge in [-0.15, -0.1) is 0 Å². The van der Waals surface area contributed by atoms with Gasteiger partial charge in [0.1, 0.15) is 5.82 Å². The number of benzene rings is 2. The SMILES string of the molecule is CN1CCN(C(=O)c2ccccc2N2CCC(NC(=O)c3cccc(F)c3)CC2)CC1. The molecule has 164 valence electrons. The van der Waals surface area contributed by atoms with E-state index in [1.165, 1.54) is 12.1 Å². The monoisotopic (exact) mass is 424 g/mol. The lowest BCUT2D eigenvalue weighted by Gasteiger charge is -2.36. The summed E-state index contributed by atoms with van der Waals surface area (Å²) in [5, 5.41) is 3.02. The van der Waals surface area contributed by atoms with Gasteiger partial charge in [0.2, 0.25) is 0 Å². The molecule has 0 saturated carbocycles. The lowest BCUT2D eigenvalue weighted by atomic mass is 10.0. The van der Waals surface area contributed by atoms with Crippen LogP contribution in [0, 0.1) is 5.82 Å². The summed E-state index contributed by atoms with van der Waals surface area (Å²) in [5.74, 6) is -0.571. The number of likely N-dealkylation sites (N-methyl/N-ethyl adjacent to an activating group) is 1. The van der Waals surface area contributed by atoms with Crippen LogP contribution in [0.1, 0.15) is 33.6 Å². The summed E-state index contributed by atoms with van der Waals surface area (Å²) < 4.78 is 13.4. The van der Waals surface area contributed by atoms with Gasteiger partial charge in [0, 0.05) is 56.6 Å². The zero-order valence-electron chi connectivity index (χ0n) is 17.9. The smallest absolute Gasteiger partial charge is 0.256 e. The normalized spacial score (nSPS) is 18.1. The van der Waals surface area contributed by atoms with Crippen molar-refractivity contribution in [3.05, 3.63) is 65.5 Å². The maximum Gasteiger partial charge on any atom is 0.256 e. The van der Waals surface area contributed by atoms with Crippen LogP contribution in [-0.4, -0.2) is 74.0 Å². The van der Waals surface area contributed by atoms with Crippen molar-refractivity contribution in [1.29, 1.82) is 0 Å². The number of piperazine rings is 1. The number of carbonyl (C=O) groups is 2. The Balaban J connectivity index is 1.38. The molecule has 0 atom stereocenters. The van der Waals surface area contributed by atoms with E-state index in [1.54, 1.807) is 12.1 Å². The van der Waals surface area contributed by atoms with Crippen molar-refractivity contribution in [2.45, 2.75) is 18.9 Å². The van der Waals surface area contributed by atoms with E-state index in [0.29, 0.717) is 5.56 Å². The first-order chi connectivity index (χ1) is 15.0. The average molecular weight is 425 g/mol. The van der Waals surface area contributed by atoms with E-state index in [-0.39, 0.29) is 17.9 Å². The van der Waals surface area contributed by atoms with Crippen LogP contribution in [0.25, 0.3) is 0 Å². The second kappa shape index (κ2) is 9.47. The molecule has 2 saturated heterocycles. The van der Waals surface area contributed by atoms with Crippen molar-refractivity contribution < 1.29 is 14.0 Å². The van der Waals surface area contributed by atoms with Gasteiger partial charge in [0.05, 0.1) is 5.56 Å². The first-order valence-corrected chi connectivity index (χ1v) is 10.9. The van der Waals surface area contributed by atoms with Gasteiger partial charge in [-0.3, -0.25) is 9.59 Å². The van der Waals surface area contributed by atoms with Gasteiger partial charge in [-0.1, -0.05) is 18.2 Å². The van der Waals surface area contributed by atoms with Crippen LogP contribution in [0.2, 0.25) is 0 Å². The summed E-state index contributed by atoms with van der Waals surface area (Å²) >= 11 is 0. The predicted molar refractivity (Wildman–Crippen MR) is 119 cm³/mol. The number of hydrogen-bond acceptors (Lipinski definition) is 4. The number of halogens is 1. The molecule has 0 unspecified atom stereocenters. The first kappa shape index (κ1) is 21.3. The third-order valence-corrected chi connectivity index (χ3v) is 6.18. The average Bonchev–Trinajstić information content (AvgIpc) is 2.80. The minimum atomic E-state index is -0.413. The molecule has 2 heterocycles. The molecule has 0 bridgehead atoms. The molecule has 2 amide bonds. The number of rotatable bonds is 4. The molecule has 2 aromatic rings. The molecule has 0 radical (unpaired) electrons. The van der Waals surface area contributed by atoms with Gasteiger partial charge in [-0.2, -0.15) is 0 Å². The highest BCUT2D eigenvalue weighted by Crippen LogP contribution is 2.26. The Labute approximate surface area is 182 Å². The molecule has 4 rings (SSSR count). The number of anilines is 1. The van der Waals surface area contributed by atoms with Crippen molar-refractivity contribution in [2.75, 3.05) is 51.2 Å². The number of carbonyl (C=O) groups excluding carboxylic acids is 2. The van der Waals surface area contributed by atoms with Crippen molar-refractivity contribution in [2.24, 2.45) is 0 Å². The van der Waals surface area contributed by atoms with Crippen molar-refractivity contribution in [1.82, 2.24) is 15.1 Å². The molecule has 2 fully saturated rings. The number of amides is 2. The maximum absolute atomic E-state index is 13.4. The van der Waals surface area contributed by atoms with Crippen molar-refractivity contribution >= 4 is 17.5 Å². The molecule has 0 aromatic heterocycles. The van der Waals surface area contributed by atoms with E-state index in [9.17, 15) is 14.0 Å². The topological polar surface area (TPSA) is 55.9 Å². The number of para-hydroxylation sites is 1. The van der Waals surface area contributed by atoms with Crippen molar-refractivity contribution in [3.8, 4) is 0 Å². The maximum atomic E-state index is 13.4. The zero-order chi connectivity index (χ0) is 21.8. The Morgan fingerprint density at radius 2 is 1.65 bits per heavy atom. The molecule has 2 aliphatic rings.